The lowest BCUT2D eigenvalue weighted by atomic mass is 9.69. The highest BCUT2D eigenvalue weighted by Gasteiger charge is 2.33. The normalized spacial score (nSPS) is 21.3. The first-order chi connectivity index (χ1) is 9.15. The van der Waals surface area contributed by atoms with Crippen LogP contribution in [0, 0.1) is 11.3 Å². The van der Waals surface area contributed by atoms with Crippen molar-refractivity contribution in [3.8, 4) is 0 Å². The Morgan fingerprint density at radius 2 is 1.90 bits per heavy atom. The molecule has 0 aromatic heterocycles. The molecule has 0 bridgehead atoms. The van der Waals surface area contributed by atoms with E-state index in [1.54, 1.807) is 6.92 Å². The first-order valence-electron chi connectivity index (χ1n) is 7.52. The van der Waals surface area contributed by atoms with Crippen LogP contribution in [0.4, 0.5) is 0 Å². The minimum absolute atomic E-state index is 0.0976. The van der Waals surface area contributed by atoms with Crippen molar-refractivity contribution in [3.63, 3.8) is 0 Å². The van der Waals surface area contributed by atoms with Crippen LogP contribution in [0.15, 0.2) is 11.1 Å². The zero-order valence-corrected chi connectivity index (χ0v) is 13.7. The third kappa shape index (κ3) is 4.19. The zero-order valence-electron chi connectivity index (χ0n) is 13.7. The predicted octanol–water partition coefficient (Wildman–Crippen LogP) is 4.06. The number of hydrogen-bond donors (Lipinski definition) is 0. The van der Waals surface area contributed by atoms with Crippen LogP contribution in [0.3, 0.4) is 0 Å². The highest BCUT2D eigenvalue weighted by atomic mass is 16.5. The van der Waals surface area contributed by atoms with E-state index in [9.17, 15) is 9.59 Å². The van der Waals surface area contributed by atoms with Gasteiger partial charge in [0.15, 0.2) is 0 Å². The van der Waals surface area contributed by atoms with Crippen molar-refractivity contribution in [1.29, 1.82) is 0 Å². The summed E-state index contributed by atoms with van der Waals surface area (Å²) >= 11 is 0. The summed E-state index contributed by atoms with van der Waals surface area (Å²) in [6.07, 6.45) is 3.84. The highest BCUT2D eigenvalue weighted by Crippen LogP contribution is 2.43. The minimum Gasteiger partial charge on any atom is -0.462 e. The molecule has 0 heterocycles. The van der Waals surface area contributed by atoms with Crippen LogP contribution in [0.1, 0.15) is 67.2 Å². The highest BCUT2D eigenvalue weighted by molar-refractivity contribution is 5.79. The third-order valence-corrected chi connectivity index (χ3v) is 4.55. The van der Waals surface area contributed by atoms with Crippen molar-refractivity contribution >= 4 is 11.8 Å². The van der Waals surface area contributed by atoms with Crippen LogP contribution in [0.5, 0.6) is 0 Å². The van der Waals surface area contributed by atoms with Gasteiger partial charge in [-0.3, -0.25) is 9.59 Å². The lowest BCUT2D eigenvalue weighted by Crippen LogP contribution is -2.32. The second-order valence-electron chi connectivity index (χ2n) is 6.73. The van der Waals surface area contributed by atoms with Crippen LogP contribution in [-0.4, -0.2) is 17.9 Å². The molecule has 0 N–H and O–H groups in total. The molecule has 2 unspecified atom stereocenters. The van der Waals surface area contributed by atoms with Crippen molar-refractivity contribution in [3.05, 3.63) is 11.1 Å². The number of Topliss-reactive ketones (excluding diaryl/α,β-unsaturated/α-hetero) is 1. The van der Waals surface area contributed by atoms with Gasteiger partial charge in [-0.05, 0) is 51.9 Å². The summed E-state index contributed by atoms with van der Waals surface area (Å²) in [5.74, 6) is -0.459. The van der Waals surface area contributed by atoms with Crippen molar-refractivity contribution in [2.45, 2.75) is 73.3 Å². The first-order valence-corrected chi connectivity index (χ1v) is 7.52. The quantitative estimate of drug-likeness (QED) is 0.563. The summed E-state index contributed by atoms with van der Waals surface area (Å²) in [4.78, 5) is 23.1. The second kappa shape index (κ2) is 6.55. The van der Waals surface area contributed by atoms with E-state index in [-0.39, 0.29) is 29.2 Å². The summed E-state index contributed by atoms with van der Waals surface area (Å²) in [7, 11) is 0. The molecule has 0 aliphatic heterocycles. The Labute approximate surface area is 122 Å². The van der Waals surface area contributed by atoms with E-state index in [0.717, 1.165) is 12.8 Å². The molecule has 1 rings (SSSR count). The SMILES string of the molecule is CC(=O)OC(C)C(CC1=C(C)CCCC1(C)C)C(C)=O. The van der Waals surface area contributed by atoms with Gasteiger partial charge in [0.2, 0.25) is 0 Å². The molecule has 0 amide bonds. The number of ether oxygens (including phenoxy) is 1. The standard InChI is InChI=1S/C17H28O3/c1-11-8-7-9-17(5,6)16(11)10-15(12(2)18)13(3)20-14(4)19/h13,15H,7-10H2,1-6H3. The summed E-state index contributed by atoms with van der Waals surface area (Å²) in [6, 6.07) is 0. The molecule has 1 aliphatic rings. The van der Waals surface area contributed by atoms with Crippen molar-refractivity contribution in [1.82, 2.24) is 0 Å². The van der Waals surface area contributed by atoms with Crippen LogP contribution >= 0.6 is 0 Å². The summed E-state index contributed by atoms with van der Waals surface area (Å²) in [6.45, 7) is 11.5. The maximum atomic E-state index is 11.9. The lowest BCUT2D eigenvalue weighted by Gasteiger charge is -2.37. The number of carbonyl (C=O) groups excluding carboxylic acids is 2. The molecule has 0 aromatic rings. The summed E-state index contributed by atoms with van der Waals surface area (Å²) in [5.41, 5.74) is 2.93. The van der Waals surface area contributed by atoms with Gasteiger partial charge < -0.3 is 4.74 Å². The number of rotatable bonds is 5. The van der Waals surface area contributed by atoms with Gasteiger partial charge in [0, 0.05) is 6.92 Å². The molecule has 0 aromatic carbocycles. The van der Waals surface area contributed by atoms with Crippen molar-refractivity contribution < 1.29 is 14.3 Å². The number of esters is 1. The van der Waals surface area contributed by atoms with E-state index in [1.165, 1.54) is 24.5 Å². The molecular weight excluding hydrogens is 252 g/mol. The van der Waals surface area contributed by atoms with Crippen molar-refractivity contribution in [2.75, 3.05) is 0 Å². The molecule has 0 spiro atoms. The Balaban J connectivity index is 2.95. The summed E-state index contributed by atoms with van der Waals surface area (Å²) < 4.78 is 5.24. The van der Waals surface area contributed by atoms with E-state index in [4.69, 9.17) is 4.74 Å². The topological polar surface area (TPSA) is 43.4 Å². The average Bonchev–Trinajstić information content (AvgIpc) is 2.25. The summed E-state index contributed by atoms with van der Waals surface area (Å²) in [5, 5.41) is 0. The fourth-order valence-electron chi connectivity index (χ4n) is 3.33. The lowest BCUT2D eigenvalue weighted by molar-refractivity contribution is -0.149. The zero-order chi connectivity index (χ0) is 15.5. The molecule has 0 saturated carbocycles. The van der Waals surface area contributed by atoms with Crippen LogP contribution in [0.25, 0.3) is 0 Å². The Kier molecular flexibility index (Phi) is 5.55. The number of allylic oxidation sites excluding steroid dienone is 2. The Morgan fingerprint density at radius 3 is 2.35 bits per heavy atom. The monoisotopic (exact) mass is 280 g/mol. The second-order valence-corrected chi connectivity index (χ2v) is 6.73. The first kappa shape index (κ1) is 16.9. The van der Waals surface area contributed by atoms with Gasteiger partial charge in [0.05, 0.1) is 5.92 Å². The van der Waals surface area contributed by atoms with Gasteiger partial charge >= 0.3 is 5.97 Å². The van der Waals surface area contributed by atoms with Gasteiger partial charge in [-0.2, -0.15) is 0 Å². The van der Waals surface area contributed by atoms with Crippen LogP contribution in [-0.2, 0) is 14.3 Å². The molecule has 20 heavy (non-hydrogen) atoms. The largest absolute Gasteiger partial charge is 0.462 e. The molecule has 2 atom stereocenters. The molecular formula is C17H28O3. The molecule has 0 saturated heterocycles. The van der Waals surface area contributed by atoms with Crippen LogP contribution in [0.2, 0.25) is 0 Å². The number of hydrogen-bond acceptors (Lipinski definition) is 3. The Morgan fingerprint density at radius 1 is 1.30 bits per heavy atom. The van der Waals surface area contributed by atoms with Gasteiger partial charge in [-0.1, -0.05) is 25.0 Å². The minimum atomic E-state index is -0.358. The smallest absolute Gasteiger partial charge is 0.302 e. The van der Waals surface area contributed by atoms with E-state index in [1.807, 2.05) is 6.92 Å². The van der Waals surface area contributed by atoms with Crippen LogP contribution < -0.4 is 0 Å². The maximum Gasteiger partial charge on any atom is 0.302 e. The van der Waals surface area contributed by atoms with E-state index < -0.39 is 0 Å². The third-order valence-electron chi connectivity index (χ3n) is 4.55. The molecule has 3 heteroatoms. The maximum absolute atomic E-state index is 11.9. The number of ketones is 1. The van der Waals surface area contributed by atoms with E-state index in [2.05, 4.69) is 20.8 Å². The van der Waals surface area contributed by atoms with Gasteiger partial charge in [-0.25, -0.2) is 0 Å². The Bertz CT molecular complexity index is 418. The fourth-order valence-corrected chi connectivity index (χ4v) is 3.33. The Hall–Kier alpha value is -1.12. The molecule has 0 fully saturated rings. The van der Waals surface area contributed by atoms with Gasteiger partial charge in [0.1, 0.15) is 11.9 Å². The fraction of sp³-hybridized carbons (Fsp3) is 0.765. The van der Waals surface area contributed by atoms with Crippen molar-refractivity contribution in [2.24, 2.45) is 11.3 Å². The molecule has 1 aliphatic carbocycles. The van der Waals surface area contributed by atoms with Gasteiger partial charge in [0.25, 0.3) is 0 Å². The van der Waals surface area contributed by atoms with E-state index in [0.29, 0.717) is 6.42 Å². The average molecular weight is 280 g/mol. The predicted molar refractivity (Wildman–Crippen MR) is 80.3 cm³/mol. The van der Waals surface area contributed by atoms with Gasteiger partial charge in [-0.15, -0.1) is 0 Å². The van der Waals surface area contributed by atoms with E-state index >= 15 is 0 Å². The number of carbonyl (C=O) groups is 2. The molecule has 114 valence electrons. The molecule has 3 nitrogen and oxygen atoms in total. The molecule has 0 radical (unpaired) electrons.